The molecule has 0 saturated heterocycles. The van der Waals surface area contributed by atoms with Crippen LogP contribution in [0.5, 0.6) is 11.5 Å². The van der Waals surface area contributed by atoms with Gasteiger partial charge in [-0.2, -0.15) is 4.98 Å². The van der Waals surface area contributed by atoms with Gasteiger partial charge in [-0.1, -0.05) is 23.4 Å². The van der Waals surface area contributed by atoms with Crippen LogP contribution in [0.4, 0.5) is 0 Å². The topological polar surface area (TPSA) is 77.6 Å². The highest BCUT2D eigenvalue weighted by atomic mass is 16.5. The molecule has 0 unspecified atom stereocenters. The van der Waals surface area contributed by atoms with E-state index in [1.165, 1.54) is 0 Å². The Labute approximate surface area is 133 Å². The molecule has 0 radical (unpaired) electrons. The second kappa shape index (κ2) is 6.93. The Balaban J connectivity index is 1.69. The van der Waals surface area contributed by atoms with Crippen LogP contribution in [0.1, 0.15) is 11.4 Å². The van der Waals surface area contributed by atoms with E-state index in [-0.39, 0.29) is 13.2 Å². The predicted molar refractivity (Wildman–Crippen MR) is 83.0 cm³/mol. The monoisotopic (exact) mass is 312 g/mol. The molecule has 0 atom stereocenters. The van der Waals surface area contributed by atoms with Gasteiger partial charge in [-0.05, 0) is 30.3 Å². The summed E-state index contributed by atoms with van der Waals surface area (Å²) in [5.74, 6) is 2.22. The number of hydrogen-bond acceptors (Lipinski definition) is 6. The Morgan fingerprint density at radius 1 is 1.09 bits per heavy atom. The van der Waals surface area contributed by atoms with Gasteiger partial charge in [-0.25, -0.2) is 0 Å². The van der Waals surface area contributed by atoms with E-state index in [1.54, 1.807) is 19.2 Å². The van der Waals surface area contributed by atoms with Gasteiger partial charge in [0.15, 0.2) is 6.61 Å². The van der Waals surface area contributed by atoms with E-state index < -0.39 is 0 Å². The number of nitrogens with zero attached hydrogens (tertiary/aromatic N) is 2. The standard InChI is InChI=1S/C17H16N2O4/c1-21-14-8-6-12(7-9-14)17-18-16(19-23-17)11-22-15-5-3-2-4-13(15)10-20/h2-9,20H,10-11H2,1H3. The summed E-state index contributed by atoms with van der Waals surface area (Å²) in [5.41, 5.74) is 1.52. The Bertz CT molecular complexity index is 768. The van der Waals surface area contributed by atoms with Crippen LogP contribution >= 0.6 is 0 Å². The minimum absolute atomic E-state index is 0.0838. The number of aliphatic hydroxyl groups excluding tert-OH is 1. The van der Waals surface area contributed by atoms with Gasteiger partial charge in [0.05, 0.1) is 13.7 Å². The van der Waals surface area contributed by atoms with Crippen LogP contribution in [0.25, 0.3) is 11.5 Å². The van der Waals surface area contributed by atoms with Crippen molar-refractivity contribution in [1.82, 2.24) is 10.1 Å². The molecule has 0 bridgehead atoms. The van der Waals surface area contributed by atoms with E-state index in [1.807, 2.05) is 36.4 Å². The van der Waals surface area contributed by atoms with Crippen molar-refractivity contribution >= 4 is 0 Å². The molecule has 3 aromatic rings. The molecular weight excluding hydrogens is 296 g/mol. The second-order valence-electron chi connectivity index (χ2n) is 4.80. The molecule has 0 spiro atoms. The van der Waals surface area contributed by atoms with Gasteiger partial charge in [0.2, 0.25) is 5.82 Å². The summed E-state index contributed by atoms with van der Waals surface area (Å²) < 4.78 is 16.0. The average molecular weight is 312 g/mol. The summed E-state index contributed by atoms with van der Waals surface area (Å²) in [6, 6.07) is 14.6. The fourth-order valence-electron chi connectivity index (χ4n) is 2.08. The number of ether oxygens (including phenoxy) is 2. The quantitative estimate of drug-likeness (QED) is 0.754. The molecule has 6 heteroatoms. The first-order valence-corrected chi connectivity index (χ1v) is 7.08. The van der Waals surface area contributed by atoms with Gasteiger partial charge in [-0.3, -0.25) is 0 Å². The Kier molecular flexibility index (Phi) is 4.54. The van der Waals surface area contributed by atoms with Crippen molar-refractivity contribution in [3.63, 3.8) is 0 Å². The highest BCUT2D eigenvalue weighted by molar-refractivity contribution is 5.54. The summed E-state index contributed by atoms with van der Waals surface area (Å²) >= 11 is 0. The number of hydrogen-bond donors (Lipinski definition) is 1. The summed E-state index contributed by atoms with van der Waals surface area (Å²) in [6.45, 7) is 0.0795. The van der Waals surface area contributed by atoms with E-state index in [0.29, 0.717) is 23.0 Å². The zero-order valence-corrected chi connectivity index (χ0v) is 12.6. The number of methoxy groups -OCH3 is 1. The average Bonchev–Trinajstić information content (AvgIpc) is 3.09. The van der Waals surface area contributed by atoms with Crippen LogP contribution in [0.2, 0.25) is 0 Å². The molecule has 23 heavy (non-hydrogen) atoms. The summed E-state index contributed by atoms with van der Waals surface area (Å²) in [6.07, 6.45) is 0. The molecule has 1 aromatic heterocycles. The minimum atomic E-state index is -0.0838. The van der Waals surface area contributed by atoms with E-state index in [2.05, 4.69) is 10.1 Å². The van der Waals surface area contributed by atoms with Crippen LogP contribution in [-0.2, 0) is 13.2 Å². The van der Waals surface area contributed by atoms with E-state index >= 15 is 0 Å². The van der Waals surface area contributed by atoms with Gasteiger partial charge < -0.3 is 19.1 Å². The molecule has 1 N–H and O–H groups in total. The SMILES string of the molecule is COc1ccc(-c2nc(COc3ccccc3CO)no2)cc1. The first kappa shape index (κ1) is 15.1. The molecule has 1 heterocycles. The van der Waals surface area contributed by atoms with Crippen molar-refractivity contribution in [2.45, 2.75) is 13.2 Å². The van der Waals surface area contributed by atoms with Crippen molar-refractivity contribution < 1.29 is 19.1 Å². The van der Waals surface area contributed by atoms with Crippen molar-refractivity contribution in [2.75, 3.05) is 7.11 Å². The summed E-state index contributed by atoms with van der Waals surface area (Å²) in [7, 11) is 1.61. The normalized spacial score (nSPS) is 10.5. The van der Waals surface area contributed by atoms with Gasteiger partial charge in [0.1, 0.15) is 11.5 Å². The number of rotatable bonds is 6. The van der Waals surface area contributed by atoms with Gasteiger partial charge in [0.25, 0.3) is 5.89 Å². The third-order valence-corrected chi connectivity index (χ3v) is 3.30. The van der Waals surface area contributed by atoms with E-state index in [4.69, 9.17) is 14.0 Å². The highest BCUT2D eigenvalue weighted by Crippen LogP contribution is 2.22. The van der Waals surface area contributed by atoms with E-state index in [9.17, 15) is 5.11 Å². The minimum Gasteiger partial charge on any atom is -0.497 e. The molecule has 0 fully saturated rings. The van der Waals surface area contributed by atoms with Crippen LogP contribution in [0.3, 0.4) is 0 Å². The summed E-state index contributed by atoms with van der Waals surface area (Å²) in [5, 5.41) is 13.2. The van der Waals surface area contributed by atoms with Gasteiger partial charge in [-0.15, -0.1) is 0 Å². The zero-order chi connectivity index (χ0) is 16.1. The van der Waals surface area contributed by atoms with Crippen LogP contribution in [0.15, 0.2) is 53.1 Å². The molecule has 3 rings (SSSR count). The Morgan fingerprint density at radius 2 is 1.87 bits per heavy atom. The molecule has 118 valence electrons. The lowest BCUT2D eigenvalue weighted by molar-refractivity contribution is 0.253. The fourth-order valence-corrected chi connectivity index (χ4v) is 2.08. The van der Waals surface area contributed by atoms with Crippen molar-refractivity contribution in [3.05, 3.63) is 59.9 Å². The second-order valence-corrected chi connectivity index (χ2v) is 4.80. The third-order valence-electron chi connectivity index (χ3n) is 3.30. The largest absolute Gasteiger partial charge is 0.497 e. The Hall–Kier alpha value is -2.86. The van der Waals surface area contributed by atoms with Crippen LogP contribution in [-0.4, -0.2) is 22.4 Å². The predicted octanol–water partition coefficient (Wildman–Crippen LogP) is 2.82. The van der Waals surface area contributed by atoms with Crippen molar-refractivity contribution in [3.8, 4) is 23.0 Å². The molecule has 0 aliphatic heterocycles. The number of benzene rings is 2. The zero-order valence-electron chi connectivity index (χ0n) is 12.6. The molecule has 0 amide bonds. The highest BCUT2D eigenvalue weighted by Gasteiger charge is 2.10. The first-order valence-electron chi connectivity index (χ1n) is 7.08. The molecular formula is C17H16N2O4. The van der Waals surface area contributed by atoms with Crippen LogP contribution < -0.4 is 9.47 Å². The first-order chi connectivity index (χ1) is 11.3. The lowest BCUT2D eigenvalue weighted by atomic mass is 10.2. The molecule has 2 aromatic carbocycles. The Morgan fingerprint density at radius 3 is 2.61 bits per heavy atom. The van der Waals surface area contributed by atoms with Gasteiger partial charge in [0, 0.05) is 11.1 Å². The third kappa shape index (κ3) is 3.49. The maximum absolute atomic E-state index is 9.27. The number of para-hydroxylation sites is 1. The molecule has 0 aliphatic rings. The van der Waals surface area contributed by atoms with Crippen molar-refractivity contribution in [2.24, 2.45) is 0 Å². The van der Waals surface area contributed by atoms with E-state index in [0.717, 1.165) is 11.3 Å². The number of aliphatic hydroxyl groups is 1. The van der Waals surface area contributed by atoms with Gasteiger partial charge >= 0.3 is 0 Å². The smallest absolute Gasteiger partial charge is 0.258 e. The number of aromatic nitrogens is 2. The fraction of sp³-hybridized carbons (Fsp3) is 0.176. The lowest BCUT2D eigenvalue weighted by Gasteiger charge is -2.07. The summed E-state index contributed by atoms with van der Waals surface area (Å²) in [4.78, 5) is 4.30. The lowest BCUT2D eigenvalue weighted by Crippen LogP contribution is -2.00. The maximum atomic E-state index is 9.27. The maximum Gasteiger partial charge on any atom is 0.258 e. The molecule has 0 aliphatic carbocycles. The van der Waals surface area contributed by atoms with Crippen LogP contribution in [0, 0.1) is 0 Å². The van der Waals surface area contributed by atoms with Crippen molar-refractivity contribution in [1.29, 1.82) is 0 Å². The molecule has 0 saturated carbocycles. The molecule has 6 nitrogen and oxygen atoms in total.